The molecule has 1 aromatic heterocycles. The third-order valence-corrected chi connectivity index (χ3v) is 5.68. The Morgan fingerprint density at radius 1 is 1.18 bits per heavy atom. The molecule has 3 aliphatic rings. The average Bonchev–Trinajstić information content (AvgIpc) is 3.36. The van der Waals surface area contributed by atoms with Gasteiger partial charge in [0.2, 0.25) is 11.8 Å². The maximum atomic E-state index is 12.9. The quantitative estimate of drug-likeness (QED) is 0.570. The zero-order chi connectivity index (χ0) is 19.3. The van der Waals surface area contributed by atoms with Gasteiger partial charge in [-0.25, -0.2) is 0 Å². The molecule has 3 amide bonds. The van der Waals surface area contributed by atoms with Crippen molar-refractivity contribution in [1.82, 2.24) is 25.7 Å². The normalized spacial score (nSPS) is 20.9. The van der Waals surface area contributed by atoms with E-state index in [0.717, 1.165) is 41.3 Å². The lowest BCUT2D eigenvalue weighted by atomic mass is 10.0. The first-order chi connectivity index (χ1) is 13.6. The number of carbonyl (C=O) groups excluding carboxylic acids is 3. The lowest BCUT2D eigenvalue weighted by molar-refractivity contribution is -0.136. The van der Waals surface area contributed by atoms with Crippen LogP contribution in [0.5, 0.6) is 0 Å². The van der Waals surface area contributed by atoms with Gasteiger partial charge in [0, 0.05) is 43.7 Å². The van der Waals surface area contributed by atoms with Crippen LogP contribution in [0.4, 0.5) is 5.82 Å². The number of nitrogens with zero attached hydrogens (tertiary/aromatic N) is 2. The summed E-state index contributed by atoms with van der Waals surface area (Å²) in [5.41, 5.74) is 4.80. The summed E-state index contributed by atoms with van der Waals surface area (Å²) in [6.07, 6.45) is 0.619. The molecule has 1 unspecified atom stereocenters. The topological polar surface area (TPSA) is 119 Å². The number of hydrogen-bond acceptors (Lipinski definition) is 6. The van der Waals surface area contributed by atoms with Crippen LogP contribution in [0.3, 0.4) is 0 Å². The van der Waals surface area contributed by atoms with Crippen LogP contribution < -0.4 is 16.0 Å². The molecule has 5 rings (SSSR count). The Morgan fingerprint density at radius 2 is 2.07 bits per heavy atom. The molecule has 0 saturated carbocycles. The summed E-state index contributed by atoms with van der Waals surface area (Å²) in [5, 5.41) is 16.3. The molecule has 4 N–H and O–H groups in total. The second-order valence-corrected chi connectivity index (χ2v) is 7.33. The van der Waals surface area contributed by atoms with E-state index in [0.29, 0.717) is 25.1 Å². The van der Waals surface area contributed by atoms with Crippen molar-refractivity contribution in [3.05, 3.63) is 46.1 Å². The Bertz CT molecular complexity index is 998. The summed E-state index contributed by atoms with van der Waals surface area (Å²) < 4.78 is 0. The molecule has 0 radical (unpaired) electrons. The van der Waals surface area contributed by atoms with Crippen molar-refractivity contribution in [2.24, 2.45) is 0 Å². The van der Waals surface area contributed by atoms with Crippen molar-refractivity contribution in [1.29, 1.82) is 0 Å². The SMILES string of the molecule is O=C1CCC(N2Cc3c(CNc4n[nH]c5c4CNC5)cccc3C2=O)C(=O)N1. The van der Waals surface area contributed by atoms with Gasteiger partial charge in [-0.05, 0) is 23.6 Å². The minimum atomic E-state index is -0.598. The van der Waals surface area contributed by atoms with E-state index in [1.54, 1.807) is 11.0 Å². The average molecular weight is 380 g/mol. The zero-order valence-electron chi connectivity index (χ0n) is 15.2. The number of anilines is 1. The van der Waals surface area contributed by atoms with Crippen LogP contribution in [0.2, 0.25) is 0 Å². The minimum absolute atomic E-state index is 0.156. The molecule has 9 heteroatoms. The second kappa shape index (κ2) is 6.45. The molecule has 2 aromatic rings. The molecule has 0 bridgehead atoms. The minimum Gasteiger partial charge on any atom is -0.364 e. The molecule has 144 valence electrons. The van der Waals surface area contributed by atoms with E-state index in [9.17, 15) is 14.4 Å². The maximum absolute atomic E-state index is 12.9. The van der Waals surface area contributed by atoms with Crippen molar-refractivity contribution < 1.29 is 14.4 Å². The Morgan fingerprint density at radius 3 is 2.93 bits per heavy atom. The van der Waals surface area contributed by atoms with Crippen LogP contribution in [0.1, 0.15) is 45.6 Å². The first-order valence-electron chi connectivity index (χ1n) is 9.38. The van der Waals surface area contributed by atoms with Crippen LogP contribution in [0, 0.1) is 0 Å². The molecule has 1 aromatic carbocycles. The molecule has 9 nitrogen and oxygen atoms in total. The fourth-order valence-electron chi connectivity index (χ4n) is 4.19. The molecule has 4 heterocycles. The number of aromatic amines is 1. The van der Waals surface area contributed by atoms with Crippen molar-refractivity contribution in [3.8, 4) is 0 Å². The number of benzene rings is 1. The molecule has 1 fully saturated rings. The fourth-order valence-corrected chi connectivity index (χ4v) is 4.19. The van der Waals surface area contributed by atoms with Gasteiger partial charge < -0.3 is 15.5 Å². The van der Waals surface area contributed by atoms with E-state index >= 15 is 0 Å². The number of aromatic nitrogens is 2. The van der Waals surface area contributed by atoms with E-state index in [1.165, 1.54) is 0 Å². The molecular weight excluding hydrogens is 360 g/mol. The fraction of sp³-hybridized carbons (Fsp3) is 0.368. The summed E-state index contributed by atoms with van der Waals surface area (Å²) in [4.78, 5) is 38.1. The number of imide groups is 1. The molecule has 3 aliphatic heterocycles. The third-order valence-electron chi connectivity index (χ3n) is 5.68. The number of rotatable bonds is 4. The lowest BCUT2D eigenvalue weighted by Crippen LogP contribution is -2.52. The number of amides is 3. The first-order valence-corrected chi connectivity index (χ1v) is 9.38. The van der Waals surface area contributed by atoms with E-state index in [4.69, 9.17) is 0 Å². The van der Waals surface area contributed by atoms with E-state index in [1.807, 2.05) is 12.1 Å². The summed E-state index contributed by atoms with van der Waals surface area (Å²) in [7, 11) is 0. The Balaban J connectivity index is 1.36. The van der Waals surface area contributed by atoms with Crippen LogP contribution in [-0.2, 0) is 35.8 Å². The number of H-pyrrole nitrogens is 1. The summed E-state index contributed by atoms with van der Waals surface area (Å²) in [5.74, 6) is -0.00634. The van der Waals surface area contributed by atoms with Crippen LogP contribution in [0.25, 0.3) is 0 Å². The number of fused-ring (bicyclic) bond motifs is 2. The summed E-state index contributed by atoms with van der Waals surface area (Å²) in [6.45, 7) is 2.48. The van der Waals surface area contributed by atoms with Gasteiger partial charge in [0.1, 0.15) is 6.04 Å². The molecule has 1 saturated heterocycles. The molecule has 0 aliphatic carbocycles. The Kier molecular flexibility index (Phi) is 3.90. The predicted molar refractivity (Wildman–Crippen MR) is 98.9 cm³/mol. The number of hydrogen-bond donors (Lipinski definition) is 4. The number of carbonyl (C=O) groups is 3. The first kappa shape index (κ1) is 16.9. The maximum Gasteiger partial charge on any atom is 0.255 e. The van der Waals surface area contributed by atoms with E-state index in [2.05, 4.69) is 26.1 Å². The highest BCUT2D eigenvalue weighted by Gasteiger charge is 2.39. The molecule has 0 spiro atoms. The Hall–Kier alpha value is -3.20. The highest BCUT2D eigenvalue weighted by atomic mass is 16.2. The molecular formula is C19H20N6O3. The highest BCUT2D eigenvalue weighted by molar-refractivity contribution is 6.05. The van der Waals surface area contributed by atoms with Crippen LogP contribution >= 0.6 is 0 Å². The van der Waals surface area contributed by atoms with E-state index < -0.39 is 11.9 Å². The van der Waals surface area contributed by atoms with Crippen molar-refractivity contribution in [2.75, 3.05) is 5.32 Å². The van der Waals surface area contributed by atoms with Gasteiger partial charge in [-0.15, -0.1) is 0 Å². The molecule has 1 atom stereocenters. The van der Waals surface area contributed by atoms with Crippen molar-refractivity contribution >= 4 is 23.5 Å². The summed E-state index contributed by atoms with van der Waals surface area (Å²) >= 11 is 0. The van der Waals surface area contributed by atoms with Gasteiger partial charge in [0.05, 0.1) is 5.69 Å². The molecule has 28 heavy (non-hydrogen) atoms. The summed E-state index contributed by atoms with van der Waals surface area (Å²) in [6, 6.07) is 5.04. The zero-order valence-corrected chi connectivity index (χ0v) is 15.2. The third kappa shape index (κ3) is 2.66. The van der Waals surface area contributed by atoms with Crippen molar-refractivity contribution in [3.63, 3.8) is 0 Å². The monoisotopic (exact) mass is 380 g/mol. The van der Waals surface area contributed by atoms with Gasteiger partial charge in [-0.2, -0.15) is 5.10 Å². The highest BCUT2D eigenvalue weighted by Crippen LogP contribution is 2.30. The van der Waals surface area contributed by atoms with Gasteiger partial charge in [-0.3, -0.25) is 24.8 Å². The van der Waals surface area contributed by atoms with Gasteiger partial charge in [0.25, 0.3) is 5.91 Å². The van der Waals surface area contributed by atoms with Gasteiger partial charge in [0.15, 0.2) is 5.82 Å². The van der Waals surface area contributed by atoms with Gasteiger partial charge in [-0.1, -0.05) is 12.1 Å². The number of nitrogens with one attached hydrogen (secondary N) is 4. The van der Waals surface area contributed by atoms with E-state index in [-0.39, 0.29) is 18.2 Å². The van der Waals surface area contributed by atoms with Crippen LogP contribution in [-0.4, -0.2) is 38.9 Å². The van der Waals surface area contributed by atoms with Crippen LogP contribution in [0.15, 0.2) is 18.2 Å². The predicted octanol–water partition coefficient (Wildman–Crippen LogP) is 0.386. The second-order valence-electron chi connectivity index (χ2n) is 7.33. The lowest BCUT2D eigenvalue weighted by Gasteiger charge is -2.29. The van der Waals surface area contributed by atoms with Crippen molar-refractivity contribution in [2.45, 2.75) is 45.1 Å². The smallest absolute Gasteiger partial charge is 0.255 e. The largest absolute Gasteiger partial charge is 0.364 e. The van der Waals surface area contributed by atoms with Gasteiger partial charge >= 0.3 is 0 Å². The Labute approximate surface area is 160 Å². The number of piperidine rings is 1. The standard InChI is InChI=1S/C19H20N6O3/c26-16-5-4-15(18(27)22-16)25-9-13-10(2-1-3-11(13)19(25)28)6-21-17-12-7-20-8-14(12)23-24-17/h1-3,15,20H,4-9H2,(H2,21,23,24)(H,22,26,27).